The SMILES string of the molecule is Cc1ccccc1Cn1ccnc1-c1cccc(I)c1. The maximum absolute atomic E-state index is 4.51. The molecule has 0 bridgehead atoms. The number of hydrogen-bond donors (Lipinski definition) is 0. The van der Waals surface area contributed by atoms with Crippen LogP contribution in [0.2, 0.25) is 0 Å². The molecule has 20 heavy (non-hydrogen) atoms. The number of halogens is 1. The molecule has 3 aromatic rings. The molecule has 0 saturated carbocycles. The van der Waals surface area contributed by atoms with Gasteiger partial charge in [-0.25, -0.2) is 4.98 Å². The number of aryl methyl sites for hydroxylation is 1. The fourth-order valence-electron chi connectivity index (χ4n) is 2.30. The monoisotopic (exact) mass is 374 g/mol. The van der Waals surface area contributed by atoms with E-state index < -0.39 is 0 Å². The molecule has 0 unspecified atom stereocenters. The van der Waals surface area contributed by atoms with Gasteiger partial charge in [0.15, 0.2) is 0 Å². The van der Waals surface area contributed by atoms with Crippen LogP contribution in [0.4, 0.5) is 0 Å². The summed E-state index contributed by atoms with van der Waals surface area (Å²) in [4.78, 5) is 4.51. The molecular weight excluding hydrogens is 359 g/mol. The van der Waals surface area contributed by atoms with Gasteiger partial charge in [0.1, 0.15) is 5.82 Å². The normalized spacial score (nSPS) is 10.7. The Balaban J connectivity index is 1.97. The van der Waals surface area contributed by atoms with E-state index in [-0.39, 0.29) is 0 Å². The summed E-state index contributed by atoms with van der Waals surface area (Å²) in [5.41, 5.74) is 3.81. The van der Waals surface area contributed by atoms with E-state index in [1.807, 2.05) is 12.4 Å². The molecule has 100 valence electrons. The van der Waals surface area contributed by atoms with Gasteiger partial charge < -0.3 is 4.57 Å². The second-order valence-electron chi connectivity index (χ2n) is 4.82. The van der Waals surface area contributed by atoms with Crippen molar-refractivity contribution in [2.45, 2.75) is 13.5 Å². The van der Waals surface area contributed by atoms with Crippen molar-refractivity contribution >= 4 is 22.6 Å². The van der Waals surface area contributed by atoms with Crippen LogP contribution in [0.5, 0.6) is 0 Å². The van der Waals surface area contributed by atoms with Gasteiger partial charge in [-0.1, -0.05) is 36.4 Å². The zero-order valence-corrected chi connectivity index (χ0v) is 13.4. The van der Waals surface area contributed by atoms with Gasteiger partial charge in [0, 0.05) is 28.1 Å². The van der Waals surface area contributed by atoms with Gasteiger partial charge in [0.25, 0.3) is 0 Å². The van der Waals surface area contributed by atoms with Gasteiger partial charge in [0.05, 0.1) is 0 Å². The summed E-state index contributed by atoms with van der Waals surface area (Å²) >= 11 is 2.33. The molecule has 1 aromatic heterocycles. The van der Waals surface area contributed by atoms with E-state index in [2.05, 4.69) is 87.6 Å². The van der Waals surface area contributed by atoms with Crippen LogP contribution < -0.4 is 0 Å². The predicted molar refractivity (Wildman–Crippen MR) is 90.7 cm³/mol. The van der Waals surface area contributed by atoms with E-state index >= 15 is 0 Å². The molecule has 0 amide bonds. The lowest BCUT2D eigenvalue weighted by Crippen LogP contribution is -2.02. The van der Waals surface area contributed by atoms with Gasteiger partial charge in [-0.05, 0) is 52.8 Å². The van der Waals surface area contributed by atoms with Crippen LogP contribution in [0.15, 0.2) is 60.9 Å². The minimum atomic E-state index is 0.855. The number of nitrogens with zero attached hydrogens (tertiary/aromatic N) is 2. The van der Waals surface area contributed by atoms with Crippen molar-refractivity contribution in [3.05, 3.63) is 75.6 Å². The highest BCUT2D eigenvalue weighted by Gasteiger charge is 2.07. The summed E-state index contributed by atoms with van der Waals surface area (Å²) in [5, 5.41) is 0. The Kier molecular flexibility index (Phi) is 3.87. The van der Waals surface area contributed by atoms with E-state index in [0.29, 0.717) is 0 Å². The molecule has 0 spiro atoms. The molecule has 0 aliphatic heterocycles. The molecule has 2 aromatic carbocycles. The van der Waals surface area contributed by atoms with E-state index in [1.54, 1.807) is 0 Å². The van der Waals surface area contributed by atoms with Gasteiger partial charge in [-0.3, -0.25) is 0 Å². The summed E-state index contributed by atoms with van der Waals surface area (Å²) in [7, 11) is 0. The quantitative estimate of drug-likeness (QED) is 0.617. The third-order valence-electron chi connectivity index (χ3n) is 3.40. The molecule has 1 heterocycles. The molecule has 2 nitrogen and oxygen atoms in total. The fourth-order valence-corrected chi connectivity index (χ4v) is 2.84. The van der Waals surface area contributed by atoms with Gasteiger partial charge in [-0.2, -0.15) is 0 Å². The highest BCUT2D eigenvalue weighted by atomic mass is 127. The molecule has 0 fully saturated rings. The van der Waals surface area contributed by atoms with E-state index in [4.69, 9.17) is 0 Å². The molecule has 0 aliphatic rings. The van der Waals surface area contributed by atoms with E-state index in [0.717, 1.165) is 17.9 Å². The Morgan fingerprint density at radius 1 is 1.10 bits per heavy atom. The van der Waals surface area contributed by atoms with Crippen molar-refractivity contribution < 1.29 is 0 Å². The van der Waals surface area contributed by atoms with Crippen molar-refractivity contribution in [2.24, 2.45) is 0 Å². The maximum Gasteiger partial charge on any atom is 0.140 e. The van der Waals surface area contributed by atoms with Crippen molar-refractivity contribution in [1.29, 1.82) is 0 Å². The molecule has 0 N–H and O–H groups in total. The Labute approximate surface area is 132 Å². The van der Waals surface area contributed by atoms with Crippen LogP contribution in [0.25, 0.3) is 11.4 Å². The Morgan fingerprint density at radius 2 is 1.95 bits per heavy atom. The third kappa shape index (κ3) is 2.77. The zero-order valence-electron chi connectivity index (χ0n) is 11.3. The zero-order chi connectivity index (χ0) is 13.9. The summed E-state index contributed by atoms with van der Waals surface area (Å²) < 4.78 is 3.43. The minimum absolute atomic E-state index is 0.855. The number of benzene rings is 2. The first-order valence-corrected chi connectivity index (χ1v) is 7.63. The second kappa shape index (κ2) is 5.79. The lowest BCUT2D eigenvalue weighted by molar-refractivity contribution is 0.801. The number of rotatable bonds is 3. The second-order valence-corrected chi connectivity index (χ2v) is 6.06. The highest BCUT2D eigenvalue weighted by Crippen LogP contribution is 2.21. The van der Waals surface area contributed by atoms with Crippen molar-refractivity contribution in [1.82, 2.24) is 9.55 Å². The highest BCUT2D eigenvalue weighted by molar-refractivity contribution is 14.1. The predicted octanol–water partition coefficient (Wildman–Crippen LogP) is 4.51. The average Bonchev–Trinajstić information content (AvgIpc) is 2.90. The lowest BCUT2D eigenvalue weighted by Gasteiger charge is -2.10. The first-order valence-electron chi connectivity index (χ1n) is 6.55. The minimum Gasteiger partial charge on any atom is -0.327 e. The topological polar surface area (TPSA) is 17.8 Å². The molecule has 3 rings (SSSR count). The Bertz CT molecular complexity index is 731. The van der Waals surface area contributed by atoms with Crippen molar-refractivity contribution in [2.75, 3.05) is 0 Å². The maximum atomic E-state index is 4.51. The van der Waals surface area contributed by atoms with Crippen molar-refractivity contribution in [3.63, 3.8) is 0 Å². The summed E-state index contributed by atoms with van der Waals surface area (Å²) in [6.07, 6.45) is 3.91. The molecular formula is C17H15IN2. The average molecular weight is 374 g/mol. The fraction of sp³-hybridized carbons (Fsp3) is 0.118. The largest absolute Gasteiger partial charge is 0.327 e. The summed E-state index contributed by atoms with van der Waals surface area (Å²) in [5.74, 6) is 1.02. The van der Waals surface area contributed by atoms with Crippen LogP contribution in [-0.4, -0.2) is 9.55 Å². The number of hydrogen-bond acceptors (Lipinski definition) is 1. The van der Waals surface area contributed by atoms with Crippen LogP contribution in [0.1, 0.15) is 11.1 Å². The first-order chi connectivity index (χ1) is 9.74. The van der Waals surface area contributed by atoms with E-state index in [9.17, 15) is 0 Å². The van der Waals surface area contributed by atoms with Crippen LogP contribution >= 0.6 is 22.6 Å². The first kappa shape index (κ1) is 13.4. The summed E-state index contributed by atoms with van der Waals surface area (Å²) in [6.45, 7) is 3.00. The van der Waals surface area contributed by atoms with Crippen LogP contribution in [0.3, 0.4) is 0 Å². The van der Waals surface area contributed by atoms with Crippen LogP contribution in [0, 0.1) is 10.5 Å². The lowest BCUT2D eigenvalue weighted by atomic mass is 10.1. The molecule has 0 aliphatic carbocycles. The molecule has 0 radical (unpaired) electrons. The number of aromatic nitrogens is 2. The standard InChI is InChI=1S/C17H15IN2/c1-13-5-2-3-6-15(13)12-20-10-9-19-17(20)14-7-4-8-16(18)11-14/h2-11H,12H2,1H3. The molecule has 0 atom stereocenters. The van der Waals surface area contributed by atoms with E-state index in [1.165, 1.54) is 14.7 Å². The Hall–Kier alpha value is -1.62. The Morgan fingerprint density at radius 3 is 2.75 bits per heavy atom. The third-order valence-corrected chi connectivity index (χ3v) is 4.07. The molecule has 3 heteroatoms. The van der Waals surface area contributed by atoms with Gasteiger partial charge >= 0.3 is 0 Å². The van der Waals surface area contributed by atoms with Gasteiger partial charge in [0.2, 0.25) is 0 Å². The molecule has 0 saturated heterocycles. The van der Waals surface area contributed by atoms with Gasteiger partial charge in [-0.15, -0.1) is 0 Å². The van der Waals surface area contributed by atoms with Crippen LogP contribution in [-0.2, 0) is 6.54 Å². The smallest absolute Gasteiger partial charge is 0.140 e. The number of imidazole rings is 1. The van der Waals surface area contributed by atoms with Crippen molar-refractivity contribution in [3.8, 4) is 11.4 Å². The summed E-state index contributed by atoms with van der Waals surface area (Å²) in [6, 6.07) is 16.9.